The Morgan fingerprint density at radius 1 is 0.848 bits per heavy atom. The van der Waals surface area contributed by atoms with Crippen molar-refractivity contribution < 1.29 is 23.7 Å². The fourth-order valence-electron chi connectivity index (χ4n) is 3.75. The number of ether oxygens (including phenoxy) is 4. The summed E-state index contributed by atoms with van der Waals surface area (Å²) in [5.41, 5.74) is 8.72. The molecule has 5 aromatic rings. The van der Waals surface area contributed by atoms with Crippen molar-refractivity contribution >= 4 is 56.2 Å². The number of alkyl halides is 1. The van der Waals surface area contributed by atoms with E-state index < -0.39 is 0 Å². The van der Waals surface area contributed by atoms with E-state index >= 15 is 0 Å². The minimum atomic E-state index is 0.00204. The molecule has 0 aliphatic carbocycles. The van der Waals surface area contributed by atoms with Crippen LogP contribution in [0, 0.1) is 0 Å². The number of nitrogens with one attached hydrogen (secondary N) is 1. The molecule has 0 unspecified atom stereocenters. The summed E-state index contributed by atoms with van der Waals surface area (Å²) in [5.74, 6) is 3.43. The zero-order valence-electron chi connectivity index (χ0n) is 25.7. The van der Waals surface area contributed by atoms with Crippen LogP contribution in [0.3, 0.4) is 0 Å². The van der Waals surface area contributed by atoms with Crippen LogP contribution in [0.4, 0.5) is 5.82 Å². The molecule has 46 heavy (non-hydrogen) atoms. The quantitative estimate of drug-likeness (QED) is 0.0893. The van der Waals surface area contributed by atoms with Gasteiger partial charge in [-0.2, -0.15) is 0 Å². The average molecular weight is 725 g/mol. The number of aromatic nitrogens is 3. The molecule has 0 radical (unpaired) electrons. The van der Waals surface area contributed by atoms with Crippen molar-refractivity contribution in [3.63, 3.8) is 0 Å². The molecule has 240 valence electrons. The molecule has 2 aromatic carbocycles. The summed E-state index contributed by atoms with van der Waals surface area (Å²) in [7, 11) is 6.40. The molecule has 0 amide bonds. The first kappa shape index (κ1) is 35.9. The van der Waals surface area contributed by atoms with E-state index in [1.54, 1.807) is 76.4 Å². The third-order valence-corrected chi connectivity index (χ3v) is 7.43. The normalized spacial score (nSPS) is 9.85. The van der Waals surface area contributed by atoms with E-state index in [0.29, 0.717) is 28.2 Å². The van der Waals surface area contributed by atoms with Crippen molar-refractivity contribution in [3.8, 4) is 34.3 Å². The number of nitrogens with zero attached hydrogens (tertiary/aromatic N) is 3. The Kier molecular flexibility index (Phi) is 14.9. The van der Waals surface area contributed by atoms with Crippen LogP contribution in [0.5, 0.6) is 23.0 Å². The molecule has 5 rings (SSSR count). The Labute approximate surface area is 286 Å². The van der Waals surface area contributed by atoms with Gasteiger partial charge in [-0.15, -0.1) is 11.3 Å². The number of methoxy groups -OCH3 is 4. The molecule has 0 fully saturated rings. The largest absolute Gasteiger partial charge is 0.497 e. The number of halogens is 1. The van der Waals surface area contributed by atoms with Crippen molar-refractivity contribution in [2.75, 3.05) is 39.1 Å². The molecule has 0 aliphatic rings. The van der Waals surface area contributed by atoms with Gasteiger partial charge >= 0.3 is 0 Å². The molecule has 3 heterocycles. The Bertz CT molecular complexity index is 1650. The first-order valence-corrected chi connectivity index (χ1v) is 16.1. The number of rotatable bonds is 10. The van der Waals surface area contributed by atoms with E-state index in [9.17, 15) is 4.79 Å². The van der Waals surface area contributed by atoms with Gasteiger partial charge in [-0.3, -0.25) is 9.78 Å². The lowest BCUT2D eigenvalue weighted by molar-refractivity contribution is 0.102. The number of carbonyl (C=O) groups excluding carboxylic acids is 1. The summed E-state index contributed by atoms with van der Waals surface area (Å²) in [6, 6.07) is 22.3. The maximum atomic E-state index is 11.4. The molecule has 3 aromatic heterocycles. The Hall–Kier alpha value is -4.59. The number of anilines is 1. The standard InChI is InChI=1S/C17H16N2O2S.C10H11BrO3.C6H7N3S/c1-20-14-7-12(8-15(10-14)21-2)16-11-22-17(19-16)9-13-5-3-4-6-18-13;1-13-8-3-7(10(12)6-11)4-9(5-8)14-2;7-6(10)9-5-3-1-2-4-8-5/h3-8,10-11H,9H2,1-2H3;3-5H,6H2,1-2H3;1-4H,(H3,7,8,9,10). The first-order valence-electron chi connectivity index (χ1n) is 13.7. The fourth-order valence-corrected chi connectivity index (χ4v) is 4.99. The number of Topliss-reactive ketones (excluding diaryl/α,β-unsaturated/α-hetero) is 1. The van der Waals surface area contributed by atoms with Gasteiger partial charge in [-0.05, 0) is 60.7 Å². The van der Waals surface area contributed by atoms with E-state index in [0.717, 1.165) is 39.9 Å². The summed E-state index contributed by atoms with van der Waals surface area (Å²) in [4.78, 5) is 24.4. The van der Waals surface area contributed by atoms with Gasteiger partial charge in [0.15, 0.2) is 10.9 Å². The van der Waals surface area contributed by atoms with Gasteiger partial charge in [0.1, 0.15) is 28.8 Å². The Morgan fingerprint density at radius 3 is 1.89 bits per heavy atom. The van der Waals surface area contributed by atoms with E-state index in [2.05, 4.69) is 43.4 Å². The molecule has 0 atom stereocenters. The predicted octanol–water partition coefficient (Wildman–Crippen LogP) is 6.83. The van der Waals surface area contributed by atoms with Gasteiger partial charge in [0, 0.05) is 53.1 Å². The highest BCUT2D eigenvalue weighted by Crippen LogP contribution is 2.31. The number of hydrogen-bond donors (Lipinski definition) is 2. The predicted molar refractivity (Wildman–Crippen MR) is 190 cm³/mol. The van der Waals surface area contributed by atoms with Crippen LogP contribution in [0.15, 0.2) is 90.6 Å². The fraction of sp³-hybridized carbons (Fsp3) is 0.182. The molecule has 0 saturated carbocycles. The van der Waals surface area contributed by atoms with Gasteiger partial charge in [-0.1, -0.05) is 28.1 Å². The number of thiazole rings is 1. The number of pyridine rings is 2. The van der Waals surface area contributed by atoms with Gasteiger partial charge in [0.25, 0.3) is 0 Å². The molecule has 0 aliphatic heterocycles. The molecule has 0 bridgehead atoms. The molecular formula is C33H34BrN5O5S2. The summed E-state index contributed by atoms with van der Waals surface area (Å²) in [5, 5.41) is 6.32. The van der Waals surface area contributed by atoms with Crippen LogP contribution in [0.25, 0.3) is 11.3 Å². The van der Waals surface area contributed by atoms with Crippen molar-refractivity contribution in [2.24, 2.45) is 5.73 Å². The second-order valence-electron chi connectivity index (χ2n) is 9.09. The number of hydrogen-bond acceptors (Lipinski definition) is 10. The molecule has 3 N–H and O–H groups in total. The topological polar surface area (TPSA) is 131 Å². The maximum absolute atomic E-state index is 11.4. The summed E-state index contributed by atoms with van der Waals surface area (Å²) < 4.78 is 20.7. The highest BCUT2D eigenvalue weighted by molar-refractivity contribution is 9.09. The zero-order chi connectivity index (χ0) is 33.3. The van der Waals surface area contributed by atoms with Crippen molar-refractivity contribution in [3.05, 3.63) is 107 Å². The molecule has 0 spiro atoms. The van der Waals surface area contributed by atoms with Gasteiger partial charge in [0.2, 0.25) is 0 Å². The molecule has 13 heteroatoms. The number of thiocarbonyl (C=S) groups is 1. The van der Waals surface area contributed by atoms with Gasteiger partial charge in [-0.25, -0.2) is 9.97 Å². The molecule has 0 saturated heterocycles. The third-order valence-electron chi connectivity index (χ3n) is 5.97. The second-order valence-corrected chi connectivity index (χ2v) is 11.0. The van der Waals surface area contributed by atoms with Gasteiger partial charge < -0.3 is 30.0 Å². The molecule has 10 nitrogen and oxygen atoms in total. The zero-order valence-corrected chi connectivity index (χ0v) is 28.9. The van der Waals surface area contributed by atoms with Gasteiger partial charge in [0.05, 0.1) is 44.5 Å². The molecular weight excluding hydrogens is 690 g/mol. The van der Waals surface area contributed by atoms with E-state index in [-0.39, 0.29) is 10.9 Å². The van der Waals surface area contributed by atoms with Crippen LogP contribution >= 0.6 is 39.5 Å². The highest BCUT2D eigenvalue weighted by atomic mass is 79.9. The second kappa shape index (κ2) is 19.0. The summed E-state index contributed by atoms with van der Waals surface area (Å²) in [6.07, 6.45) is 4.21. The SMILES string of the molecule is COc1cc(OC)cc(-c2csc(Cc3ccccn3)n2)c1.COc1cc(OC)cc(C(=O)CBr)c1.NC(=S)Nc1ccccn1. The number of ketones is 1. The Morgan fingerprint density at radius 2 is 1.41 bits per heavy atom. The average Bonchev–Trinajstić information content (AvgIpc) is 3.57. The van der Waals surface area contributed by atoms with Crippen LogP contribution < -0.4 is 30.0 Å². The number of carbonyl (C=O) groups is 1. The van der Waals surface area contributed by atoms with Crippen LogP contribution in [-0.4, -0.2) is 59.6 Å². The summed E-state index contributed by atoms with van der Waals surface area (Å²) in [6.45, 7) is 0. The maximum Gasteiger partial charge on any atom is 0.173 e. The third kappa shape index (κ3) is 11.7. The number of benzene rings is 2. The highest BCUT2D eigenvalue weighted by Gasteiger charge is 2.10. The van der Waals surface area contributed by atoms with E-state index in [1.807, 2.05) is 53.9 Å². The minimum absolute atomic E-state index is 0.00204. The smallest absolute Gasteiger partial charge is 0.173 e. The van der Waals surface area contributed by atoms with Crippen LogP contribution in [0.2, 0.25) is 0 Å². The van der Waals surface area contributed by atoms with Crippen molar-refractivity contribution in [2.45, 2.75) is 6.42 Å². The lowest BCUT2D eigenvalue weighted by Crippen LogP contribution is -2.19. The van der Waals surface area contributed by atoms with Crippen molar-refractivity contribution in [1.82, 2.24) is 15.0 Å². The lowest BCUT2D eigenvalue weighted by Gasteiger charge is -2.06. The first-order chi connectivity index (χ1) is 22.3. The van der Waals surface area contributed by atoms with Crippen molar-refractivity contribution in [1.29, 1.82) is 0 Å². The van der Waals surface area contributed by atoms with Crippen LogP contribution in [0.1, 0.15) is 21.1 Å². The minimum Gasteiger partial charge on any atom is -0.497 e. The van der Waals surface area contributed by atoms with E-state index in [1.165, 1.54) is 0 Å². The Balaban J connectivity index is 0.000000206. The monoisotopic (exact) mass is 723 g/mol. The lowest BCUT2D eigenvalue weighted by atomic mass is 10.1. The number of nitrogens with two attached hydrogens (primary N) is 1. The summed E-state index contributed by atoms with van der Waals surface area (Å²) >= 11 is 9.35. The van der Waals surface area contributed by atoms with Crippen LogP contribution in [-0.2, 0) is 6.42 Å². The van der Waals surface area contributed by atoms with E-state index in [4.69, 9.17) is 29.7 Å².